The highest BCUT2D eigenvalue weighted by Crippen LogP contribution is 2.60. The normalized spacial score (nSPS) is 21.5. The van der Waals surface area contributed by atoms with Crippen molar-refractivity contribution < 1.29 is 0 Å². The van der Waals surface area contributed by atoms with Gasteiger partial charge in [-0.3, -0.25) is 0 Å². The first-order chi connectivity index (χ1) is 23.4. The van der Waals surface area contributed by atoms with Crippen molar-refractivity contribution in [1.82, 2.24) is 0 Å². The van der Waals surface area contributed by atoms with Crippen LogP contribution in [0.3, 0.4) is 0 Å². The number of hydrogen-bond acceptors (Lipinski definition) is 1. The van der Waals surface area contributed by atoms with E-state index < -0.39 is 0 Å². The highest BCUT2D eigenvalue weighted by molar-refractivity contribution is 6.06. The number of hydrogen-bond donors (Lipinski definition) is 0. The number of fused-ring (bicyclic) bond motifs is 5. The second-order valence-corrected chi connectivity index (χ2v) is 13.8. The summed E-state index contributed by atoms with van der Waals surface area (Å²) in [5, 5.41) is 2.74. The van der Waals surface area contributed by atoms with Gasteiger partial charge in [0.15, 0.2) is 0 Å². The molecule has 4 unspecified atom stereocenters. The largest absolute Gasteiger partial charge is 0.337 e. The highest BCUT2D eigenvalue weighted by Gasteiger charge is 2.40. The van der Waals surface area contributed by atoms with Crippen molar-refractivity contribution in [3.63, 3.8) is 0 Å². The predicted molar refractivity (Wildman–Crippen MR) is 198 cm³/mol. The van der Waals surface area contributed by atoms with E-state index in [1.165, 1.54) is 91.5 Å². The maximum absolute atomic E-state index is 2.76. The van der Waals surface area contributed by atoms with Gasteiger partial charge in [-0.05, 0) is 86.3 Å². The Morgan fingerprint density at radius 3 is 2.00 bits per heavy atom. The molecule has 6 aromatic rings. The fraction of sp³-hybridized carbons (Fsp3) is 0.174. The first-order valence-corrected chi connectivity index (χ1v) is 17.4. The van der Waals surface area contributed by atoms with Crippen molar-refractivity contribution in [2.75, 3.05) is 4.90 Å². The summed E-state index contributed by atoms with van der Waals surface area (Å²) < 4.78 is 0. The van der Waals surface area contributed by atoms with Crippen LogP contribution in [-0.4, -0.2) is 6.04 Å². The van der Waals surface area contributed by atoms with E-state index >= 15 is 0 Å². The molecule has 4 aliphatic rings. The topological polar surface area (TPSA) is 3.24 Å². The molecule has 4 aliphatic carbocycles. The third kappa shape index (κ3) is 4.02. The Morgan fingerprint density at radius 2 is 1.13 bits per heavy atom. The molecule has 6 bridgehead atoms. The zero-order chi connectivity index (χ0) is 30.9. The fourth-order valence-corrected chi connectivity index (χ4v) is 9.61. The molecular formula is C46H37N. The Bertz CT molecular complexity index is 2230. The monoisotopic (exact) mass is 603 g/mol. The van der Waals surface area contributed by atoms with Gasteiger partial charge in [-0.15, -0.1) is 0 Å². The average Bonchev–Trinajstić information content (AvgIpc) is 3.25. The Balaban J connectivity index is 1.26. The quantitative estimate of drug-likeness (QED) is 0.193. The Hall–Kier alpha value is -5.14. The molecule has 226 valence electrons. The maximum atomic E-state index is 2.76. The SMILES string of the molecule is C1=CC2c3cccc4c3-c3c(cccc3N(c3ccccc3)C3CCCCC3c3cccc5ccccc35)-c3cccc-4c3C2C=C1. The lowest BCUT2D eigenvalue weighted by Crippen LogP contribution is -2.39. The van der Waals surface area contributed by atoms with Crippen LogP contribution in [0.5, 0.6) is 0 Å². The molecule has 0 aliphatic heterocycles. The molecule has 0 N–H and O–H groups in total. The molecule has 0 aromatic heterocycles. The lowest BCUT2D eigenvalue weighted by molar-refractivity contribution is 0.383. The smallest absolute Gasteiger partial charge is 0.0499 e. The molecule has 10 rings (SSSR count). The molecule has 1 heteroatoms. The second-order valence-electron chi connectivity index (χ2n) is 13.8. The highest BCUT2D eigenvalue weighted by atomic mass is 15.2. The van der Waals surface area contributed by atoms with Crippen molar-refractivity contribution >= 4 is 22.1 Å². The number of para-hydroxylation sites is 1. The van der Waals surface area contributed by atoms with E-state index in [1.807, 2.05) is 0 Å². The molecule has 47 heavy (non-hydrogen) atoms. The van der Waals surface area contributed by atoms with Gasteiger partial charge >= 0.3 is 0 Å². The summed E-state index contributed by atoms with van der Waals surface area (Å²) in [7, 11) is 0. The number of rotatable bonds is 4. The Labute approximate surface area is 277 Å². The van der Waals surface area contributed by atoms with Gasteiger partial charge in [0.2, 0.25) is 0 Å². The summed E-state index contributed by atoms with van der Waals surface area (Å²) >= 11 is 0. The van der Waals surface area contributed by atoms with E-state index in [2.05, 4.69) is 157 Å². The fourth-order valence-electron chi connectivity index (χ4n) is 9.61. The lowest BCUT2D eigenvalue weighted by atomic mass is 9.73. The summed E-state index contributed by atoms with van der Waals surface area (Å²) in [6.07, 6.45) is 14.3. The van der Waals surface area contributed by atoms with Crippen LogP contribution in [-0.2, 0) is 0 Å². The molecule has 1 nitrogen and oxygen atoms in total. The second kappa shape index (κ2) is 10.7. The van der Waals surface area contributed by atoms with Crippen LogP contribution in [0, 0.1) is 0 Å². The minimum atomic E-state index is 0.321. The van der Waals surface area contributed by atoms with E-state index in [-0.39, 0.29) is 0 Å². The molecule has 0 saturated heterocycles. The molecule has 0 spiro atoms. The van der Waals surface area contributed by atoms with Crippen LogP contribution in [0.1, 0.15) is 60.1 Å². The van der Waals surface area contributed by atoms with Crippen molar-refractivity contribution in [2.45, 2.75) is 49.5 Å². The van der Waals surface area contributed by atoms with Gasteiger partial charge < -0.3 is 4.90 Å². The molecule has 0 heterocycles. The summed E-state index contributed by atoms with van der Waals surface area (Å²) in [6, 6.07) is 48.8. The number of anilines is 2. The van der Waals surface area contributed by atoms with Gasteiger partial charge in [0.1, 0.15) is 0 Å². The number of benzene rings is 6. The zero-order valence-electron chi connectivity index (χ0n) is 26.5. The van der Waals surface area contributed by atoms with Gasteiger partial charge in [-0.25, -0.2) is 0 Å². The molecular weight excluding hydrogens is 567 g/mol. The maximum Gasteiger partial charge on any atom is 0.0499 e. The summed E-state index contributed by atoms with van der Waals surface area (Å²) in [6.45, 7) is 0. The van der Waals surface area contributed by atoms with Gasteiger partial charge in [0.25, 0.3) is 0 Å². The standard InChI is InChI=1S/C46H37N/c1-2-16-31(17-3-1)47(42-28-9-8-20-35(42)33-22-10-15-30-14-4-5-18-32(30)33)43-29-13-27-41-39-25-12-24-38-40-26-11-23-37(45(40)46(41)43)34-19-6-7-21-36(34)44(38)39/h1-7,10-19,21-27,29,34-36,42H,8-9,20,28H2. The molecule has 4 atom stereocenters. The van der Waals surface area contributed by atoms with Gasteiger partial charge in [-0.2, -0.15) is 0 Å². The number of allylic oxidation sites excluding steroid dienone is 4. The average molecular weight is 604 g/mol. The van der Waals surface area contributed by atoms with Gasteiger partial charge in [0, 0.05) is 40.7 Å². The minimum Gasteiger partial charge on any atom is -0.337 e. The van der Waals surface area contributed by atoms with Gasteiger partial charge in [0.05, 0.1) is 0 Å². The Morgan fingerprint density at radius 1 is 0.489 bits per heavy atom. The number of nitrogens with zero attached hydrogens (tertiary/aromatic N) is 1. The molecule has 1 fully saturated rings. The summed E-state index contributed by atoms with van der Waals surface area (Å²) in [4.78, 5) is 2.76. The van der Waals surface area contributed by atoms with Crippen molar-refractivity contribution in [1.29, 1.82) is 0 Å². The molecule has 6 aromatic carbocycles. The zero-order valence-corrected chi connectivity index (χ0v) is 26.5. The summed E-state index contributed by atoms with van der Waals surface area (Å²) in [5.41, 5.74) is 15.4. The van der Waals surface area contributed by atoms with E-state index in [9.17, 15) is 0 Å². The van der Waals surface area contributed by atoms with Crippen LogP contribution >= 0.6 is 0 Å². The van der Waals surface area contributed by atoms with E-state index in [1.54, 1.807) is 0 Å². The van der Waals surface area contributed by atoms with Crippen LogP contribution in [0.2, 0.25) is 0 Å². The molecule has 0 amide bonds. The molecule has 1 saturated carbocycles. The van der Waals surface area contributed by atoms with Crippen molar-refractivity contribution in [3.05, 3.63) is 168 Å². The minimum absolute atomic E-state index is 0.321. The molecule has 0 radical (unpaired) electrons. The van der Waals surface area contributed by atoms with Crippen molar-refractivity contribution in [3.8, 4) is 33.4 Å². The van der Waals surface area contributed by atoms with E-state index in [0.29, 0.717) is 23.8 Å². The van der Waals surface area contributed by atoms with E-state index in [0.717, 1.165) is 6.42 Å². The third-order valence-electron chi connectivity index (χ3n) is 11.5. The van der Waals surface area contributed by atoms with E-state index in [4.69, 9.17) is 0 Å². The van der Waals surface area contributed by atoms with Gasteiger partial charge in [-0.1, -0.05) is 146 Å². The van der Waals surface area contributed by atoms with Crippen LogP contribution < -0.4 is 4.90 Å². The van der Waals surface area contributed by atoms with Crippen molar-refractivity contribution in [2.24, 2.45) is 0 Å². The predicted octanol–water partition coefficient (Wildman–Crippen LogP) is 12.3. The third-order valence-corrected chi connectivity index (χ3v) is 11.5. The first-order valence-electron chi connectivity index (χ1n) is 17.4. The summed E-state index contributed by atoms with van der Waals surface area (Å²) in [5.74, 6) is 1.08. The van der Waals surface area contributed by atoms with Crippen LogP contribution in [0.15, 0.2) is 152 Å². The lowest BCUT2D eigenvalue weighted by Gasteiger charge is -2.43. The van der Waals surface area contributed by atoms with Crippen LogP contribution in [0.4, 0.5) is 11.4 Å². The Kier molecular flexibility index (Phi) is 6.16. The van der Waals surface area contributed by atoms with Crippen LogP contribution in [0.25, 0.3) is 44.2 Å². The first kappa shape index (κ1) is 27.0.